The third-order valence-electron chi connectivity index (χ3n) is 3.69. The van der Waals surface area contributed by atoms with Crippen LogP contribution < -0.4 is 9.64 Å². The molecule has 1 aliphatic rings. The first-order valence-corrected chi connectivity index (χ1v) is 8.57. The second kappa shape index (κ2) is 5.90. The number of alkyl halides is 3. The molecule has 136 valence electrons. The van der Waals surface area contributed by atoms with Crippen LogP contribution in [0.4, 0.5) is 23.2 Å². The number of halogens is 4. The second-order valence-corrected chi connectivity index (χ2v) is 7.47. The average Bonchev–Trinajstić information content (AvgIpc) is 2.87. The zero-order chi connectivity index (χ0) is 18.4. The van der Waals surface area contributed by atoms with Crippen molar-refractivity contribution < 1.29 is 30.7 Å². The number of rotatable bonds is 4. The number of ether oxygens (including phenoxy) is 1. The van der Waals surface area contributed by atoms with E-state index in [2.05, 4.69) is 5.10 Å². The maximum Gasteiger partial charge on any atom is 0.501 e. The zero-order valence-corrected chi connectivity index (χ0v) is 13.7. The molecule has 0 amide bonds. The molecule has 0 spiro atoms. The number of hydrogen-bond acceptors (Lipinski definition) is 5. The lowest BCUT2D eigenvalue weighted by molar-refractivity contribution is -0.0435. The van der Waals surface area contributed by atoms with Gasteiger partial charge in [0, 0.05) is 7.05 Å². The van der Waals surface area contributed by atoms with Gasteiger partial charge in [0.25, 0.3) is 9.84 Å². The molecule has 11 heteroatoms. The summed E-state index contributed by atoms with van der Waals surface area (Å²) in [6.45, 7) is 0.335. The van der Waals surface area contributed by atoms with Crippen molar-refractivity contribution in [1.29, 1.82) is 0 Å². The molecule has 0 bridgehead atoms. The SMILES string of the molecule is Cn1cc(OC2CN(c3ccc(F)cc3S(=O)(=O)C(F)(F)F)C2)cn1. The van der Waals surface area contributed by atoms with Crippen molar-refractivity contribution in [1.82, 2.24) is 9.78 Å². The predicted molar refractivity (Wildman–Crippen MR) is 79.5 cm³/mol. The van der Waals surface area contributed by atoms with E-state index in [0.29, 0.717) is 11.8 Å². The lowest BCUT2D eigenvalue weighted by Gasteiger charge is -2.41. The van der Waals surface area contributed by atoms with E-state index in [9.17, 15) is 26.0 Å². The Hall–Kier alpha value is -2.30. The highest BCUT2D eigenvalue weighted by atomic mass is 32.2. The molecule has 2 heterocycles. The van der Waals surface area contributed by atoms with Gasteiger partial charge in [-0.3, -0.25) is 4.68 Å². The van der Waals surface area contributed by atoms with E-state index < -0.39 is 26.1 Å². The standard InChI is InChI=1S/C14H13F4N3O3S/c1-20-6-10(5-19-20)24-11-7-21(8-11)12-3-2-9(15)4-13(12)25(22,23)14(16,17)18/h2-6,11H,7-8H2,1H3. The number of aromatic nitrogens is 2. The van der Waals surface area contributed by atoms with Crippen LogP contribution in [0.25, 0.3) is 0 Å². The van der Waals surface area contributed by atoms with Crippen LogP contribution in [0.1, 0.15) is 0 Å². The van der Waals surface area contributed by atoms with Crippen LogP contribution in [0, 0.1) is 5.82 Å². The Balaban J connectivity index is 1.80. The molecule has 3 rings (SSSR count). The average molecular weight is 379 g/mol. The van der Waals surface area contributed by atoms with Crippen LogP contribution in [-0.4, -0.2) is 42.9 Å². The number of aryl methyl sites for hydroxylation is 1. The number of hydrogen-bond donors (Lipinski definition) is 0. The molecule has 2 aromatic rings. The Morgan fingerprint density at radius 3 is 2.52 bits per heavy atom. The summed E-state index contributed by atoms with van der Waals surface area (Å²) < 4.78 is 82.3. The van der Waals surface area contributed by atoms with Gasteiger partial charge < -0.3 is 9.64 Å². The largest absolute Gasteiger partial charge is 0.501 e. The summed E-state index contributed by atoms with van der Waals surface area (Å²) in [6.07, 6.45) is 2.77. The van der Waals surface area contributed by atoms with Crippen molar-refractivity contribution >= 4 is 15.5 Å². The Kier molecular flexibility index (Phi) is 4.13. The van der Waals surface area contributed by atoms with Gasteiger partial charge in [-0.25, -0.2) is 12.8 Å². The Bertz CT molecular complexity index is 889. The molecule has 0 atom stereocenters. The normalized spacial score (nSPS) is 16.0. The van der Waals surface area contributed by atoms with Crippen LogP contribution >= 0.6 is 0 Å². The van der Waals surface area contributed by atoms with Gasteiger partial charge in [0.1, 0.15) is 16.8 Å². The topological polar surface area (TPSA) is 64.4 Å². The van der Waals surface area contributed by atoms with Crippen molar-refractivity contribution in [3.8, 4) is 5.75 Å². The minimum Gasteiger partial charge on any atom is -0.483 e. The Morgan fingerprint density at radius 2 is 1.96 bits per heavy atom. The summed E-state index contributed by atoms with van der Waals surface area (Å²) in [4.78, 5) is 0.291. The molecule has 1 saturated heterocycles. The van der Waals surface area contributed by atoms with Crippen LogP contribution in [0.3, 0.4) is 0 Å². The Morgan fingerprint density at radius 1 is 1.28 bits per heavy atom. The molecular formula is C14H13F4N3O3S. The summed E-state index contributed by atoms with van der Waals surface area (Å²) in [7, 11) is -3.96. The number of benzene rings is 1. The maximum absolute atomic E-state index is 13.3. The molecular weight excluding hydrogens is 366 g/mol. The van der Waals surface area contributed by atoms with E-state index in [-0.39, 0.29) is 24.9 Å². The molecule has 0 N–H and O–H groups in total. The van der Waals surface area contributed by atoms with E-state index in [1.54, 1.807) is 13.2 Å². The minimum absolute atomic E-state index is 0.168. The third kappa shape index (κ3) is 3.28. The molecule has 0 saturated carbocycles. The second-order valence-electron chi connectivity index (χ2n) is 5.56. The molecule has 1 aromatic heterocycles. The van der Waals surface area contributed by atoms with Crippen molar-refractivity contribution in [2.75, 3.05) is 18.0 Å². The fraction of sp³-hybridized carbons (Fsp3) is 0.357. The van der Waals surface area contributed by atoms with Gasteiger partial charge in [0.05, 0.1) is 31.2 Å². The van der Waals surface area contributed by atoms with Gasteiger partial charge in [-0.1, -0.05) is 0 Å². The number of anilines is 1. The first-order chi connectivity index (χ1) is 11.6. The monoisotopic (exact) mass is 379 g/mol. The van der Waals surface area contributed by atoms with Gasteiger partial charge in [-0.05, 0) is 18.2 Å². The molecule has 1 aromatic carbocycles. The summed E-state index contributed by atoms with van der Waals surface area (Å²) in [6, 6.07) is 2.32. The highest BCUT2D eigenvalue weighted by Gasteiger charge is 2.49. The summed E-state index contributed by atoms with van der Waals surface area (Å²) in [5, 5.41) is 3.92. The van der Waals surface area contributed by atoms with E-state index in [1.165, 1.54) is 15.8 Å². The van der Waals surface area contributed by atoms with Crippen LogP contribution in [-0.2, 0) is 16.9 Å². The van der Waals surface area contributed by atoms with Crippen LogP contribution in [0.5, 0.6) is 5.75 Å². The highest BCUT2D eigenvalue weighted by molar-refractivity contribution is 7.92. The molecule has 0 radical (unpaired) electrons. The summed E-state index contributed by atoms with van der Waals surface area (Å²) in [5.74, 6) is -0.565. The first-order valence-electron chi connectivity index (χ1n) is 7.09. The summed E-state index contributed by atoms with van der Waals surface area (Å²) in [5.41, 5.74) is -5.71. The Labute approximate surface area is 140 Å². The van der Waals surface area contributed by atoms with Gasteiger partial charge in [-0.2, -0.15) is 18.3 Å². The fourth-order valence-electron chi connectivity index (χ4n) is 2.45. The van der Waals surface area contributed by atoms with Gasteiger partial charge in [-0.15, -0.1) is 0 Å². The fourth-order valence-corrected chi connectivity index (χ4v) is 3.44. The van der Waals surface area contributed by atoms with Crippen molar-refractivity contribution in [3.05, 3.63) is 36.4 Å². The lowest BCUT2D eigenvalue weighted by atomic mass is 10.1. The lowest BCUT2D eigenvalue weighted by Crippen LogP contribution is -2.54. The third-order valence-corrected chi connectivity index (χ3v) is 5.20. The molecule has 0 aliphatic carbocycles. The van der Waals surface area contributed by atoms with Crippen LogP contribution in [0.2, 0.25) is 0 Å². The maximum atomic E-state index is 13.3. The first kappa shape index (κ1) is 17.5. The molecule has 1 aliphatic heterocycles. The quantitative estimate of drug-likeness (QED) is 0.762. The van der Waals surface area contributed by atoms with E-state index in [1.807, 2.05) is 0 Å². The zero-order valence-electron chi connectivity index (χ0n) is 12.9. The molecule has 25 heavy (non-hydrogen) atoms. The van der Waals surface area contributed by atoms with Crippen molar-refractivity contribution in [2.45, 2.75) is 16.5 Å². The van der Waals surface area contributed by atoms with Gasteiger partial charge in [0.2, 0.25) is 0 Å². The molecule has 0 unspecified atom stereocenters. The van der Waals surface area contributed by atoms with E-state index >= 15 is 0 Å². The van der Waals surface area contributed by atoms with E-state index in [4.69, 9.17) is 4.74 Å². The molecule has 6 nitrogen and oxygen atoms in total. The molecule has 1 fully saturated rings. The van der Waals surface area contributed by atoms with Gasteiger partial charge in [0.15, 0.2) is 5.75 Å². The van der Waals surface area contributed by atoms with Crippen LogP contribution in [0.15, 0.2) is 35.5 Å². The minimum atomic E-state index is -5.66. The summed E-state index contributed by atoms with van der Waals surface area (Å²) >= 11 is 0. The van der Waals surface area contributed by atoms with Crippen molar-refractivity contribution in [2.24, 2.45) is 7.05 Å². The number of sulfone groups is 1. The van der Waals surface area contributed by atoms with E-state index in [0.717, 1.165) is 12.1 Å². The van der Waals surface area contributed by atoms with Crippen molar-refractivity contribution in [3.63, 3.8) is 0 Å². The predicted octanol–water partition coefficient (Wildman–Crippen LogP) is 2.12. The smallest absolute Gasteiger partial charge is 0.483 e. The number of nitrogens with zero attached hydrogens (tertiary/aromatic N) is 3. The highest BCUT2D eigenvalue weighted by Crippen LogP contribution is 2.38. The van der Waals surface area contributed by atoms with Gasteiger partial charge >= 0.3 is 5.51 Å².